The molecule has 6 heteroatoms. The molecule has 0 spiro atoms. The highest BCUT2D eigenvalue weighted by atomic mass is 79.9. The molecule has 16 heavy (non-hydrogen) atoms. The van der Waals surface area contributed by atoms with Crippen molar-refractivity contribution in [3.8, 4) is 11.5 Å². The van der Waals surface area contributed by atoms with Crippen molar-refractivity contribution in [1.29, 1.82) is 0 Å². The fourth-order valence-corrected chi connectivity index (χ4v) is 1.41. The quantitative estimate of drug-likeness (QED) is 0.921. The van der Waals surface area contributed by atoms with Gasteiger partial charge in [0.1, 0.15) is 5.82 Å². The molecule has 1 aromatic heterocycles. The molecule has 84 valence electrons. The van der Waals surface area contributed by atoms with Crippen LogP contribution >= 0.6 is 15.9 Å². The molecule has 1 unspecified atom stereocenters. The summed E-state index contributed by atoms with van der Waals surface area (Å²) in [7, 11) is 0. The van der Waals surface area contributed by atoms with Crippen molar-refractivity contribution in [1.82, 2.24) is 10.2 Å². The first-order valence-electron chi connectivity index (χ1n) is 4.62. The number of hydrogen-bond acceptors (Lipinski definition) is 4. The van der Waals surface area contributed by atoms with Gasteiger partial charge in [-0.2, -0.15) is 0 Å². The third-order valence-corrected chi connectivity index (χ3v) is 2.64. The lowest BCUT2D eigenvalue weighted by atomic mass is 10.2. The molecule has 0 bridgehead atoms. The zero-order valence-corrected chi connectivity index (χ0v) is 10.0. The Hall–Kier alpha value is -1.27. The number of benzene rings is 1. The molecule has 0 amide bonds. The average molecular weight is 286 g/mol. The maximum Gasteiger partial charge on any atom is 0.247 e. The number of aromatic nitrogens is 2. The molecule has 0 aliphatic heterocycles. The molecule has 1 aromatic carbocycles. The van der Waals surface area contributed by atoms with E-state index in [1.807, 2.05) is 0 Å². The molecule has 0 fully saturated rings. The zero-order valence-electron chi connectivity index (χ0n) is 8.45. The van der Waals surface area contributed by atoms with E-state index >= 15 is 0 Å². The Balaban J connectivity index is 2.39. The smallest absolute Gasteiger partial charge is 0.247 e. The predicted octanol–water partition coefficient (Wildman–Crippen LogP) is 2.66. The third-order valence-electron chi connectivity index (χ3n) is 2.00. The molecule has 0 saturated carbocycles. The minimum atomic E-state index is -0.377. The maximum atomic E-state index is 13.3. The van der Waals surface area contributed by atoms with Gasteiger partial charge in [-0.25, -0.2) is 4.39 Å². The monoisotopic (exact) mass is 285 g/mol. The Morgan fingerprint density at radius 2 is 2.19 bits per heavy atom. The van der Waals surface area contributed by atoms with E-state index in [9.17, 15) is 4.39 Å². The van der Waals surface area contributed by atoms with Crippen LogP contribution in [0.5, 0.6) is 0 Å². The van der Waals surface area contributed by atoms with E-state index in [-0.39, 0.29) is 17.7 Å². The SMILES string of the molecule is CC(N)c1nnc(-c2ccc(Br)c(F)c2)o1. The van der Waals surface area contributed by atoms with E-state index in [2.05, 4.69) is 26.1 Å². The number of hydrogen-bond donors (Lipinski definition) is 1. The Morgan fingerprint density at radius 1 is 1.44 bits per heavy atom. The molecular weight excluding hydrogens is 277 g/mol. The Bertz CT molecular complexity index is 513. The van der Waals surface area contributed by atoms with E-state index in [1.165, 1.54) is 6.07 Å². The molecule has 2 N–H and O–H groups in total. The van der Waals surface area contributed by atoms with Gasteiger partial charge in [0.25, 0.3) is 0 Å². The van der Waals surface area contributed by atoms with Crippen LogP contribution in [-0.4, -0.2) is 10.2 Å². The van der Waals surface area contributed by atoms with Gasteiger partial charge in [0.15, 0.2) is 0 Å². The van der Waals surface area contributed by atoms with Crippen molar-refractivity contribution in [3.63, 3.8) is 0 Å². The minimum Gasteiger partial charge on any atom is -0.419 e. The molecule has 1 atom stereocenters. The van der Waals surface area contributed by atoms with Crippen molar-refractivity contribution >= 4 is 15.9 Å². The topological polar surface area (TPSA) is 64.9 Å². The number of rotatable bonds is 2. The van der Waals surface area contributed by atoms with Crippen LogP contribution in [0.1, 0.15) is 18.9 Å². The van der Waals surface area contributed by atoms with E-state index in [1.54, 1.807) is 19.1 Å². The van der Waals surface area contributed by atoms with E-state index < -0.39 is 0 Å². The summed E-state index contributed by atoms with van der Waals surface area (Å²) in [6.45, 7) is 1.74. The first-order chi connectivity index (χ1) is 7.58. The van der Waals surface area contributed by atoms with Crippen molar-refractivity contribution < 1.29 is 8.81 Å². The van der Waals surface area contributed by atoms with Crippen LogP contribution in [-0.2, 0) is 0 Å². The Labute approximate surface area is 99.8 Å². The second kappa shape index (κ2) is 4.31. The molecule has 2 rings (SSSR count). The molecular formula is C10H9BrFN3O. The highest BCUT2D eigenvalue weighted by Crippen LogP contribution is 2.24. The van der Waals surface area contributed by atoms with Crippen molar-refractivity contribution in [2.75, 3.05) is 0 Å². The van der Waals surface area contributed by atoms with Crippen LogP contribution in [0.3, 0.4) is 0 Å². The van der Waals surface area contributed by atoms with Gasteiger partial charge < -0.3 is 10.2 Å². The maximum absolute atomic E-state index is 13.3. The average Bonchev–Trinajstić information content (AvgIpc) is 2.71. The Morgan fingerprint density at radius 3 is 2.75 bits per heavy atom. The van der Waals surface area contributed by atoms with Crippen molar-refractivity contribution in [2.24, 2.45) is 5.73 Å². The molecule has 1 heterocycles. The Kier molecular flexibility index (Phi) is 3.02. The van der Waals surface area contributed by atoms with Gasteiger partial charge in [0.05, 0.1) is 10.5 Å². The highest BCUT2D eigenvalue weighted by Gasteiger charge is 2.12. The minimum absolute atomic E-state index is 0.263. The first kappa shape index (κ1) is 11.2. The highest BCUT2D eigenvalue weighted by molar-refractivity contribution is 9.10. The van der Waals surface area contributed by atoms with Crippen LogP contribution in [0, 0.1) is 5.82 Å². The molecule has 0 aliphatic rings. The van der Waals surface area contributed by atoms with Crippen LogP contribution in [0.4, 0.5) is 4.39 Å². The lowest BCUT2D eigenvalue weighted by Gasteiger charge is -1.98. The second-order valence-electron chi connectivity index (χ2n) is 3.36. The molecule has 0 radical (unpaired) electrons. The van der Waals surface area contributed by atoms with Crippen LogP contribution in [0.15, 0.2) is 27.1 Å². The summed E-state index contributed by atoms with van der Waals surface area (Å²) in [5.74, 6) is 0.218. The standard InChI is InChI=1S/C10H9BrFN3O/c1-5(13)9-14-15-10(16-9)6-2-3-7(11)8(12)4-6/h2-5H,13H2,1H3. The molecule has 0 aliphatic carbocycles. The van der Waals surface area contributed by atoms with Gasteiger partial charge in [-0.15, -0.1) is 10.2 Å². The van der Waals surface area contributed by atoms with Crippen LogP contribution < -0.4 is 5.73 Å². The number of halogens is 2. The zero-order chi connectivity index (χ0) is 11.7. The van der Waals surface area contributed by atoms with Crippen molar-refractivity contribution in [3.05, 3.63) is 34.4 Å². The summed E-state index contributed by atoms with van der Waals surface area (Å²) in [6.07, 6.45) is 0. The second-order valence-corrected chi connectivity index (χ2v) is 4.22. The van der Waals surface area contributed by atoms with Crippen LogP contribution in [0.25, 0.3) is 11.5 Å². The predicted molar refractivity (Wildman–Crippen MR) is 60.0 cm³/mol. The van der Waals surface area contributed by atoms with Gasteiger partial charge in [0, 0.05) is 5.56 Å². The summed E-state index contributed by atoms with van der Waals surface area (Å²) >= 11 is 3.07. The van der Waals surface area contributed by atoms with Gasteiger partial charge in [-0.05, 0) is 41.1 Å². The van der Waals surface area contributed by atoms with Gasteiger partial charge in [-0.1, -0.05) is 0 Å². The van der Waals surface area contributed by atoms with Gasteiger partial charge >= 0.3 is 0 Å². The van der Waals surface area contributed by atoms with Crippen LogP contribution in [0.2, 0.25) is 0 Å². The lowest BCUT2D eigenvalue weighted by Crippen LogP contribution is -2.04. The molecule has 0 saturated heterocycles. The number of nitrogens with two attached hydrogens (primary N) is 1. The fraction of sp³-hybridized carbons (Fsp3) is 0.200. The third kappa shape index (κ3) is 2.12. The lowest BCUT2D eigenvalue weighted by molar-refractivity contribution is 0.473. The van der Waals surface area contributed by atoms with E-state index in [4.69, 9.17) is 10.2 Å². The van der Waals surface area contributed by atoms with E-state index in [0.29, 0.717) is 15.9 Å². The summed E-state index contributed by atoms with van der Waals surface area (Å²) in [4.78, 5) is 0. The molecule has 2 aromatic rings. The largest absolute Gasteiger partial charge is 0.419 e. The number of nitrogens with zero attached hydrogens (tertiary/aromatic N) is 2. The van der Waals surface area contributed by atoms with E-state index in [0.717, 1.165) is 0 Å². The summed E-state index contributed by atoms with van der Waals surface area (Å²) in [5, 5.41) is 7.57. The fourth-order valence-electron chi connectivity index (χ4n) is 1.16. The summed E-state index contributed by atoms with van der Waals surface area (Å²) < 4.78 is 19.0. The summed E-state index contributed by atoms with van der Waals surface area (Å²) in [5.41, 5.74) is 6.11. The normalized spacial score (nSPS) is 12.8. The van der Waals surface area contributed by atoms with Crippen molar-refractivity contribution in [2.45, 2.75) is 13.0 Å². The van der Waals surface area contributed by atoms with Gasteiger partial charge in [0.2, 0.25) is 11.8 Å². The summed E-state index contributed by atoms with van der Waals surface area (Å²) in [6, 6.07) is 4.26. The first-order valence-corrected chi connectivity index (χ1v) is 5.41. The van der Waals surface area contributed by atoms with Gasteiger partial charge in [-0.3, -0.25) is 0 Å². The molecule has 4 nitrogen and oxygen atoms in total.